The number of anilines is 1. The second kappa shape index (κ2) is 6.79. The van der Waals surface area contributed by atoms with Gasteiger partial charge >= 0.3 is 6.09 Å². The number of rotatable bonds is 2. The van der Waals surface area contributed by atoms with Gasteiger partial charge in [-0.3, -0.25) is 0 Å². The van der Waals surface area contributed by atoms with E-state index in [0.29, 0.717) is 24.2 Å². The number of nitrogens with two attached hydrogens (primary N) is 1. The monoisotopic (exact) mass is 335 g/mol. The molecule has 1 amide bonds. The first-order chi connectivity index (χ1) is 11.1. The molecule has 3 N–H and O–H groups in total. The zero-order valence-electron chi connectivity index (χ0n) is 14.7. The highest BCUT2D eigenvalue weighted by Gasteiger charge is 2.35. The minimum Gasteiger partial charge on any atom is -0.444 e. The fraction of sp³-hybridized carbons (Fsp3) is 0.556. The third kappa shape index (κ3) is 4.04. The zero-order chi connectivity index (χ0) is 18.1. The number of hydrogen-bond acceptors (Lipinski definition) is 4. The Hall–Kier alpha value is -2.11. The first-order valence-electron chi connectivity index (χ1n) is 8.15. The van der Waals surface area contributed by atoms with Gasteiger partial charge < -0.3 is 20.8 Å². The lowest BCUT2D eigenvalue weighted by molar-refractivity contribution is 0.0111. The highest BCUT2D eigenvalue weighted by Crippen LogP contribution is 2.34. The van der Waals surface area contributed by atoms with Crippen molar-refractivity contribution < 1.29 is 13.9 Å². The molecule has 1 aromatic carbocycles. The summed E-state index contributed by atoms with van der Waals surface area (Å²) in [6, 6.07) is 3.57. The molecule has 2 rings (SSSR count). The predicted molar refractivity (Wildman–Crippen MR) is 93.5 cm³/mol. The number of carbonyl (C=O) groups excluding carboxylic acids is 1. The van der Waals surface area contributed by atoms with E-state index in [0.717, 1.165) is 11.1 Å². The summed E-state index contributed by atoms with van der Waals surface area (Å²) in [6.07, 6.45) is 0.0728. The van der Waals surface area contributed by atoms with Crippen molar-refractivity contribution in [2.75, 3.05) is 18.8 Å². The number of likely N-dealkylation sites (tertiary alicyclic amines) is 1. The Bertz CT molecular complexity index is 640. The average Bonchev–Trinajstić information content (AvgIpc) is 2.47. The largest absolute Gasteiger partial charge is 0.444 e. The summed E-state index contributed by atoms with van der Waals surface area (Å²) in [7, 11) is 0. The third-order valence-corrected chi connectivity index (χ3v) is 4.22. The van der Waals surface area contributed by atoms with Crippen molar-refractivity contribution in [1.29, 1.82) is 5.41 Å². The number of amides is 1. The van der Waals surface area contributed by atoms with E-state index in [9.17, 15) is 9.18 Å². The summed E-state index contributed by atoms with van der Waals surface area (Å²) in [5, 5.41) is 7.34. The van der Waals surface area contributed by atoms with Gasteiger partial charge in [0.25, 0.3) is 0 Å². The van der Waals surface area contributed by atoms with Crippen LogP contribution in [0.1, 0.15) is 49.8 Å². The number of nitrogens with zero attached hydrogens (tertiary/aromatic N) is 1. The molecular weight excluding hydrogens is 309 g/mol. The van der Waals surface area contributed by atoms with Crippen LogP contribution in [0, 0.1) is 12.3 Å². The topological polar surface area (TPSA) is 79.4 Å². The van der Waals surface area contributed by atoms with E-state index >= 15 is 0 Å². The number of aryl methyl sites for hydroxylation is 1. The lowest BCUT2D eigenvalue weighted by atomic mass is 9.84. The molecular formula is C18H26FN3O2. The van der Waals surface area contributed by atoms with Crippen LogP contribution in [-0.2, 0) is 4.74 Å². The minimum absolute atomic E-state index is 0.0191. The number of alkyl halides is 1. The maximum Gasteiger partial charge on any atom is 0.410 e. The molecule has 132 valence electrons. The van der Waals surface area contributed by atoms with Gasteiger partial charge in [-0.05, 0) is 57.4 Å². The van der Waals surface area contributed by atoms with Crippen LogP contribution in [0.4, 0.5) is 14.9 Å². The first kappa shape index (κ1) is 18.2. The molecule has 24 heavy (non-hydrogen) atoms. The smallest absolute Gasteiger partial charge is 0.410 e. The van der Waals surface area contributed by atoms with Gasteiger partial charge in [-0.25, -0.2) is 9.18 Å². The molecule has 1 aliphatic heterocycles. The Kier molecular flexibility index (Phi) is 5.16. The Morgan fingerprint density at radius 3 is 2.67 bits per heavy atom. The van der Waals surface area contributed by atoms with Crippen LogP contribution in [0.15, 0.2) is 12.1 Å². The van der Waals surface area contributed by atoms with Crippen LogP contribution in [0.5, 0.6) is 0 Å². The van der Waals surface area contributed by atoms with Crippen LogP contribution in [0.3, 0.4) is 0 Å². The van der Waals surface area contributed by atoms with E-state index in [4.69, 9.17) is 15.9 Å². The van der Waals surface area contributed by atoms with E-state index in [1.54, 1.807) is 26.8 Å². The van der Waals surface area contributed by atoms with Gasteiger partial charge in [-0.15, -0.1) is 0 Å². The molecule has 0 aromatic heterocycles. The molecule has 0 spiro atoms. The van der Waals surface area contributed by atoms with Crippen molar-refractivity contribution in [3.63, 3.8) is 0 Å². The van der Waals surface area contributed by atoms with E-state index < -0.39 is 17.9 Å². The second-order valence-corrected chi connectivity index (χ2v) is 7.32. The van der Waals surface area contributed by atoms with Crippen molar-refractivity contribution in [2.24, 2.45) is 0 Å². The third-order valence-electron chi connectivity index (χ3n) is 4.22. The van der Waals surface area contributed by atoms with Gasteiger partial charge in [-0.1, -0.05) is 0 Å². The number of piperidine rings is 1. The van der Waals surface area contributed by atoms with Crippen molar-refractivity contribution in [1.82, 2.24) is 4.90 Å². The van der Waals surface area contributed by atoms with Gasteiger partial charge in [0, 0.05) is 29.9 Å². The molecule has 2 unspecified atom stereocenters. The molecule has 2 atom stereocenters. The zero-order valence-corrected chi connectivity index (χ0v) is 14.7. The Balaban J connectivity index is 2.13. The number of benzene rings is 1. The number of nitrogens with one attached hydrogen (secondary N) is 1. The average molecular weight is 335 g/mol. The molecule has 1 fully saturated rings. The number of ether oxygens (including phenoxy) is 1. The molecule has 0 aliphatic carbocycles. The number of carbonyl (C=O) groups is 1. The van der Waals surface area contributed by atoms with Crippen LogP contribution < -0.4 is 5.73 Å². The molecule has 5 nitrogen and oxygen atoms in total. The van der Waals surface area contributed by atoms with Gasteiger partial charge in [0.15, 0.2) is 0 Å². The van der Waals surface area contributed by atoms with Gasteiger partial charge in [0.1, 0.15) is 11.8 Å². The van der Waals surface area contributed by atoms with Crippen LogP contribution in [-0.4, -0.2) is 42.1 Å². The molecule has 1 aromatic rings. The molecule has 6 heteroatoms. The lowest BCUT2D eigenvalue weighted by Gasteiger charge is -2.36. The van der Waals surface area contributed by atoms with Gasteiger partial charge in [-0.2, -0.15) is 0 Å². The maximum absolute atomic E-state index is 14.7. The quantitative estimate of drug-likeness (QED) is 0.640. The summed E-state index contributed by atoms with van der Waals surface area (Å²) >= 11 is 0. The standard InChI is InChI=1S/C18H26FN3O2/c1-11-7-12(9-20)16(21)8-14(11)13-5-6-22(10-15(13)19)17(23)24-18(2,3)4/h7-9,13,15,20H,5-6,10,21H2,1-4H3. The summed E-state index contributed by atoms with van der Waals surface area (Å²) in [4.78, 5) is 13.5. The maximum atomic E-state index is 14.7. The first-order valence-corrected chi connectivity index (χ1v) is 8.15. The molecule has 0 saturated carbocycles. The van der Waals surface area contributed by atoms with Crippen molar-refractivity contribution in [2.45, 2.75) is 51.8 Å². The van der Waals surface area contributed by atoms with E-state index in [1.807, 2.05) is 13.0 Å². The fourth-order valence-electron chi connectivity index (χ4n) is 3.04. The SMILES string of the molecule is Cc1cc(C=N)c(N)cc1C1CCN(C(=O)OC(C)(C)C)CC1F. The van der Waals surface area contributed by atoms with Gasteiger partial charge in [0.05, 0.1) is 6.54 Å². The summed E-state index contributed by atoms with van der Waals surface area (Å²) in [6.45, 7) is 7.75. The van der Waals surface area contributed by atoms with Crippen molar-refractivity contribution >= 4 is 18.0 Å². The Morgan fingerprint density at radius 1 is 1.46 bits per heavy atom. The second-order valence-electron chi connectivity index (χ2n) is 7.32. The van der Waals surface area contributed by atoms with Crippen LogP contribution >= 0.6 is 0 Å². The molecule has 1 saturated heterocycles. The molecule has 0 bridgehead atoms. The molecule has 0 radical (unpaired) electrons. The summed E-state index contributed by atoms with van der Waals surface area (Å²) in [5.74, 6) is -0.300. The van der Waals surface area contributed by atoms with Gasteiger partial charge in [0.2, 0.25) is 0 Å². The summed E-state index contributed by atoms with van der Waals surface area (Å²) < 4.78 is 20.1. The summed E-state index contributed by atoms with van der Waals surface area (Å²) in [5.41, 5.74) is 8.24. The van der Waals surface area contributed by atoms with E-state index in [1.165, 1.54) is 11.1 Å². The Morgan fingerprint density at radius 2 is 2.12 bits per heavy atom. The fourth-order valence-corrected chi connectivity index (χ4v) is 3.04. The normalized spacial score (nSPS) is 21.5. The Labute approximate surface area is 142 Å². The highest BCUT2D eigenvalue weighted by atomic mass is 19.1. The van der Waals surface area contributed by atoms with E-state index in [-0.39, 0.29) is 12.5 Å². The lowest BCUT2D eigenvalue weighted by Crippen LogP contribution is -2.46. The van der Waals surface area contributed by atoms with Crippen molar-refractivity contribution in [3.8, 4) is 0 Å². The van der Waals surface area contributed by atoms with E-state index in [2.05, 4.69) is 0 Å². The predicted octanol–water partition coefficient (Wildman–Crippen LogP) is 3.64. The van der Waals surface area contributed by atoms with Crippen molar-refractivity contribution in [3.05, 3.63) is 28.8 Å². The molecule has 1 heterocycles. The van der Waals surface area contributed by atoms with Crippen LogP contribution in [0.25, 0.3) is 0 Å². The minimum atomic E-state index is -1.17. The number of nitrogen functional groups attached to an aromatic ring is 1. The molecule has 1 aliphatic rings. The number of halogens is 1. The number of hydrogen-bond donors (Lipinski definition) is 2. The van der Waals surface area contributed by atoms with Crippen LogP contribution in [0.2, 0.25) is 0 Å². The highest BCUT2D eigenvalue weighted by molar-refractivity contribution is 5.85.